The normalized spacial score (nSPS) is 21.3. The van der Waals surface area contributed by atoms with E-state index in [9.17, 15) is 9.59 Å². The third-order valence-electron chi connectivity index (χ3n) is 8.67. The molecule has 1 amide bonds. The summed E-state index contributed by atoms with van der Waals surface area (Å²) < 4.78 is 4.22. The lowest BCUT2D eigenvalue weighted by molar-refractivity contribution is 0.0747. The van der Waals surface area contributed by atoms with E-state index in [2.05, 4.69) is 44.8 Å². The summed E-state index contributed by atoms with van der Waals surface area (Å²) in [7, 11) is 0. The van der Waals surface area contributed by atoms with E-state index in [4.69, 9.17) is 11.6 Å². The van der Waals surface area contributed by atoms with E-state index in [1.807, 2.05) is 45.9 Å². The molecule has 2 aromatic heterocycles. The van der Waals surface area contributed by atoms with Crippen LogP contribution in [0.5, 0.6) is 0 Å². The van der Waals surface area contributed by atoms with E-state index in [0.717, 1.165) is 78.7 Å². The number of hydrogen-bond acceptors (Lipinski definition) is 4. The Morgan fingerprint density at radius 2 is 1.72 bits per heavy atom. The fraction of sp³-hybridized carbons (Fsp3) is 0.355. The van der Waals surface area contributed by atoms with Crippen molar-refractivity contribution in [1.82, 2.24) is 18.9 Å². The van der Waals surface area contributed by atoms with Crippen molar-refractivity contribution in [2.45, 2.75) is 25.6 Å². The molecule has 2 aromatic carbocycles. The Morgan fingerprint density at radius 3 is 2.56 bits per heavy atom. The number of piperazine rings is 1. The number of nitrogens with zero attached hydrogens (tertiary/aromatic N) is 5. The third-order valence-corrected chi connectivity index (χ3v) is 8.90. The molecule has 8 heteroatoms. The quantitative estimate of drug-likeness (QED) is 0.382. The highest BCUT2D eigenvalue weighted by atomic mass is 35.5. The van der Waals surface area contributed by atoms with Crippen LogP contribution in [0.4, 0.5) is 5.69 Å². The van der Waals surface area contributed by atoms with Gasteiger partial charge in [0.2, 0.25) is 0 Å². The van der Waals surface area contributed by atoms with Crippen LogP contribution in [0.15, 0.2) is 77.7 Å². The molecule has 7 nitrogen and oxygen atoms in total. The second-order valence-corrected chi connectivity index (χ2v) is 11.6. The van der Waals surface area contributed by atoms with Crippen molar-refractivity contribution in [2.24, 2.45) is 5.92 Å². The number of hydrogen-bond donors (Lipinski definition) is 0. The first-order chi connectivity index (χ1) is 19.0. The summed E-state index contributed by atoms with van der Waals surface area (Å²) in [6.45, 7) is 6.33. The van der Waals surface area contributed by atoms with Crippen molar-refractivity contribution in [3.63, 3.8) is 0 Å². The average Bonchev–Trinajstić information content (AvgIpc) is 3.31. The minimum absolute atomic E-state index is 0.0968. The number of benzene rings is 2. The Labute approximate surface area is 232 Å². The molecule has 2 saturated heterocycles. The standard InChI is InChI=1S/C31H32ClN5O2/c32-24-5-3-6-25(16-24)34-11-13-35(14-12-34)31(39)27-20-36(29-8-2-1-7-26(27)29)21-33-17-22-15-23(19-33)28-9-4-10-30(38)37(28)18-22/h1-10,16,20,22-23H,11-15,17-19,21H2/t22-,23+/m1/s1. The molecule has 39 heavy (non-hydrogen) atoms. The van der Waals surface area contributed by atoms with Crippen LogP contribution in [-0.4, -0.2) is 64.1 Å². The molecule has 3 aliphatic heterocycles. The molecule has 0 N–H and O–H groups in total. The van der Waals surface area contributed by atoms with E-state index in [1.165, 1.54) is 0 Å². The number of para-hydroxylation sites is 1. The predicted molar refractivity (Wildman–Crippen MR) is 155 cm³/mol. The predicted octanol–water partition coefficient (Wildman–Crippen LogP) is 4.50. The SMILES string of the molecule is O=C(c1cn(CN2C[C@H]3C[C@@H](C2)c2cccc(=O)n2C3)c2ccccc12)N1CCN(c2cccc(Cl)c2)CC1. The number of anilines is 1. The zero-order valence-corrected chi connectivity index (χ0v) is 22.6. The molecule has 0 aliphatic carbocycles. The number of carbonyl (C=O) groups excluding carboxylic acids is 1. The number of rotatable bonds is 4. The molecule has 3 aliphatic rings. The maximum atomic E-state index is 13.8. The molecule has 200 valence electrons. The number of fused-ring (bicyclic) bond motifs is 5. The molecule has 0 radical (unpaired) electrons. The van der Waals surface area contributed by atoms with Gasteiger partial charge in [0, 0.05) is 91.3 Å². The average molecular weight is 542 g/mol. The fourth-order valence-corrected chi connectivity index (χ4v) is 7.06. The first kappa shape index (κ1) is 24.5. The molecule has 5 heterocycles. The molecule has 2 atom stereocenters. The van der Waals surface area contributed by atoms with Gasteiger partial charge in [-0.25, -0.2) is 0 Å². The summed E-state index contributed by atoms with van der Waals surface area (Å²) >= 11 is 6.20. The number of carbonyl (C=O) groups is 1. The van der Waals surface area contributed by atoms with Gasteiger partial charge in [-0.05, 0) is 42.7 Å². The minimum Gasteiger partial charge on any atom is -0.368 e. The smallest absolute Gasteiger partial charge is 0.256 e. The Balaban J connectivity index is 1.10. The van der Waals surface area contributed by atoms with E-state index < -0.39 is 0 Å². The number of aromatic nitrogens is 2. The molecular weight excluding hydrogens is 510 g/mol. The lowest BCUT2D eigenvalue weighted by Crippen LogP contribution is -2.48. The van der Waals surface area contributed by atoms with Crippen molar-refractivity contribution in [1.29, 1.82) is 0 Å². The van der Waals surface area contributed by atoms with Crippen LogP contribution >= 0.6 is 11.6 Å². The number of halogens is 1. The molecule has 0 spiro atoms. The number of likely N-dealkylation sites (tertiary alicyclic amines) is 1. The Kier molecular flexibility index (Phi) is 6.21. The monoisotopic (exact) mass is 541 g/mol. The molecule has 0 saturated carbocycles. The summed E-state index contributed by atoms with van der Waals surface area (Å²) in [5.41, 5.74) is 4.24. The third kappa shape index (κ3) is 4.53. The number of piperidine rings is 1. The second kappa shape index (κ2) is 9.88. The Hall–Kier alpha value is -3.55. The van der Waals surface area contributed by atoms with Gasteiger partial charge < -0.3 is 18.9 Å². The summed E-state index contributed by atoms with van der Waals surface area (Å²) in [6.07, 6.45) is 3.19. The molecule has 0 unspecified atom stereocenters. The van der Waals surface area contributed by atoms with E-state index in [0.29, 0.717) is 24.9 Å². The molecular formula is C31H32ClN5O2. The van der Waals surface area contributed by atoms with Gasteiger partial charge in [0.1, 0.15) is 0 Å². The zero-order valence-electron chi connectivity index (χ0n) is 21.9. The van der Waals surface area contributed by atoms with Crippen LogP contribution < -0.4 is 10.5 Å². The fourth-order valence-electron chi connectivity index (χ4n) is 6.87. The van der Waals surface area contributed by atoms with Crippen molar-refractivity contribution in [2.75, 3.05) is 44.2 Å². The molecule has 2 fully saturated rings. The number of amides is 1. The van der Waals surface area contributed by atoms with E-state index >= 15 is 0 Å². The van der Waals surface area contributed by atoms with E-state index in [1.54, 1.807) is 6.07 Å². The van der Waals surface area contributed by atoms with Crippen molar-refractivity contribution in [3.8, 4) is 0 Å². The van der Waals surface area contributed by atoms with Crippen molar-refractivity contribution >= 4 is 34.1 Å². The van der Waals surface area contributed by atoms with Gasteiger partial charge in [0.05, 0.1) is 12.2 Å². The molecule has 2 bridgehead atoms. The lowest BCUT2D eigenvalue weighted by Gasteiger charge is -2.42. The van der Waals surface area contributed by atoms with Crippen LogP contribution in [0.3, 0.4) is 0 Å². The van der Waals surface area contributed by atoms with Crippen LogP contribution in [0, 0.1) is 5.92 Å². The van der Waals surface area contributed by atoms with Crippen LogP contribution in [0.25, 0.3) is 10.9 Å². The van der Waals surface area contributed by atoms with Crippen LogP contribution in [0.1, 0.15) is 28.4 Å². The van der Waals surface area contributed by atoms with E-state index in [-0.39, 0.29) is 11.5 Å². The maximum absolute atomic E-state index is 13.8. The number of pyridine rings is 1. The van der Waals surface area contributed by atoms with Gasteiger partial charge >= 0.3 is 0 Å². The first-order valence-electron chi connectivity index (χ1n) is 13.8. The van der Waals surface area contributed by atoms with Gasteiger partial charge in [-0.1, -0.05) is 41.9 Å². The first-order valence-corrected chi connectivity index (χ1v) is 14.2. The van der Waals surface area contributed by atoms with Crippen LogP contribution in [-0.2, 0) is 13.2 Å². The van der Waals surface area contributed by atoms with Gasteiger partial charge in [-0.2, -0.15) is 0 Å². The highest BCUT2D eigenvalue weighted by Gasteiger charge is 2.35. The zero-order chi connectivity index (χ0) is 26.5. The van der Waals surface area contributed by atoms with Gasteiger partial charge in [-0.15, -0.1) is 0 Å². The summed E-state index contributed by atoms with van der Waals surface area (Å²) in [5.74, 6) is 0.930. The van der Waals surface area contributed by atoms with Gasteiger partial charge in [-0.3, -0.25) is 14.5 Å². The van der Waals surface area contributed by atoms with Crippen LogP contribution in [0.2, 0.25) is 5.02 Å². The van der Waals surface area contributed by atoms with Gasteiger partial charge in [0.25, 0.3) is 11.5 Å². The summed E-state index contributed by atoms with van der Waals surface area (Å²) in [4.78, 5) is 32.9. The lowest BCUT2D eigenvalue weighted by atomic mass is 9.83. The Morgan fingerprint density at radius 1 is 0.897 bits per heavy atom. The molecule has 4 aromatic rings. The molecule has 7 rings (SSSR count). The minimum atomic E-state index is 0.0968. The van der Waals surface area contributed by atoms with Crippen molar-refractivity contribution < 1.29 is 4.79 Å². The van der Waals surface area contributed by atoms with Gasteiger partial charge in [0.15, 0.2) is 0 Å². The highest BCUT2D eigenvalue weighted by molar-refractivity contribution is 6.30. The largest absolute Gasteiger partial charge is 0.368 e. The maximum Gasteiger partial charge on any atom is 0.256 e. The summed E-state index contributed by atoms with van der Waals surface area (Å²) in [5, 5.41) is 1.74. The summed E-state index contributed by atoms with van der Waals surface area (Å²) in [6, 6.07) is 21.8. The highest BCUT2D eigenvalue weighted by Crippen LogP contribution is 2.35. The van der Waals surface area contributed by atoms with Crippen molar-refractivity contribution in [3.05, 3.63) is 99.6 Å². The second-order valence-electron chi connectivity index (χ2n) is 11.2. The topological polar surface area (TPSA) is 53.7 Å². The Bertz CT molecular complexity index is 1600.